The van der Waals surface area contributed by atoms with Gasteiger partial charge in [0.1, 0.15) is 0 Å². The Morgan fingerprint density at radius 1 is 1.42 bits per heavy atom. The van der Waals surface area contributed by atoms with E-state index in [-0.39, 0.29) is 5.97 Å². The topological polar surface area (TPSA) is 46.5 Å². The quantitative estimate of drug-likeness (QED) is 0.811. The summed E-state index contributed by atoms with van der Waals surface area (Å²) in [6.07, 6.45) is 0.517. The molecule has 2 unspecified atom stereocenters. The summed E-state index contributed by atoms with van der Waals surface area (Å²) in [6, 6.07) is 5.35. The monoisotopic (exact) mass is 284 g/mol. The Morgan fingerprint density at radius 2 is 2.11 bits per heavy atom. The summed E-state index contributed by atoms with van der Waals surface area (Å²) >= 11 is 6.05. The van der Waals surface area contributed by atoms with Gasteiger partial charge in [0, 0.05) is 5.02 Å². The van der Waals surface area contributed by atoms with Crippen molar-refractivity contribution < 1.29 is 14.6 Å². The lowest BCUT2D eigenvalue weighted by Crippen LogP contribution is -2.24. The molecule has 1 N–H and O–H groups in total. The number of aliphatic hydroxyl groups is 1. The number of aryl methyl sites for hydroxylation is 1. The summed E-state index contributed by atoms with van der Waals surface area (Å²) in [5.41, 5.74) is 1.60. The number of carbonyl (C=O) groups is 1. The zero-order valence-corrected chi connectivity index (χ0v) is 12.4. The van der Waals surface area contributed by atoms with E-state index in [1.807, 2.05) is 19.9 Å². The minimum absolute atomic E-state index is 0.320. The highest BCUT2D eigenvalue weighted by Gasteiger charge is 2.28. The molecule has 106 valence electrons. The highest BCUT2D eigenvalue weighted by Crippen LogP contribution is 2.29. The van der Waals surface area contributed by atoms with E-state index < -0.39 is 12.0 Å². The summed E-state index contributed by atoms with van der Waals surface area (Å²) in [6.45, 7) is 5.95. The molecule has 0 fully saturated rings. The molecule has 0 bridgehead atoms. The molecular formula is C15H21ClO3. The van der Waals surface area contributed by atoms with Crippen LogP contribution < -0.4 is 0 Å². The highest BCUT2D eigenvalue weighted by atomic mass is 35.5. The first-order chi connectivity index (χ1) is 9.01. The molecule has 1 aromatic carbocycles. The van der Waals surface area contributed by atoms with Crippen molar-refractivity contribution in [1.29, 1.82) is 0 Å². The van der Waals surface area contributed by atoms with Crippen molar-refractivity contribution in [3.8, 4) is 0 Å². The molecule has 0 heterocycles. The molecule has 0 saturated carbocycles. The SMILES string of the molecule is CCCC(C(=O)OCC)C(O)c1ccc(C)c(Cl)c1. The van der Waals surface area contributed by atoms with Gasteiger partial charge < -0.3 is 9.84 Å². The Labute approximate surface area is 119 Å². The van der Waals surface area contributed by atoms with Crippen molar-refractivity contribution in [2.75, 3.05) is 6.61 Å². The molecule has 1 aromatic rings. The fraction of sp³-hybridized carbons (Fsp3) is 0.533. The molecule has 0 aliphatic carbocycles. The molecular weight excluding hydrogens is 264 g/mol. The number of aliphatic hydroxyl groups excluding tert-OH is 1. The van der Waals surface area contributed by atoms with E-state index in [0.717, 1.165) is 12.0 Å². The van der Waals surface area contributed by atoms with Crippen molar-refractivity contribution in [3.63, 3.8) is 0 Å². The third-order valence-corrected chi connectivity index (χ3v) is 3.51. The highest BCUT2D eigenvalue weighted by molar-refractivity contribution is 6.31. The average Bonchev–Trinajstić information content (AvgIpc) is 2.38. The molecule has 0 aromatic heterocycles. The molecule has 2 atom stereocenters. The average molecular weight is 285 g/mol. The summed E-state index contributed by atoms with van der Waals surface area (Å²) in [4.78, 5) is 11.9. The maximum atomic E-state index is 11.9. The van der Waals surface area contributed by atoms with Gasteiger partial charge in [-0.25, -0.2) is 0 Å². The minimum atomic E-state index is -0.878. The van der Waals surface area contributed by atoms with E-state index in [4.69, 9.17) is 16.3 Å². The van der Waals surface area contributed by atoms with Gasteiger partial charge in [-0.2, -0.15) is 0 Å². The minimum Gasteiger partial charge on any atom is -0.466 e. The van der Waals surface area contributed by atoms with Gasteiger partial charge in [-0.3, -0.25) is 4.79 Å². The van der Waals surface area contributed by atoms with Gasteiger partial charge >= 0.3 is 5.97 Å². The molecule has 19 heavy (non-hydrogen) atoms. The van der Waals surface area contributed by atoms with Crippen LogP contribution in [0.1, 0.15) is 43.9 Å². The molecule has 0 aliphatic heterocycles. The zero-order valence-electron chi connectivity index (χ0n) is 11.6. The second-order valence-corrected chi connectivity index (χ2v) is 5.01. The Balaban J connectivity index is 2.94. The maximum Gasteiger partial charge on any atom is 0.311 e. The smallest absolute Gasteiger partial charge is 0.311 e. The van der Waals surface area contributed by atoms with Crippen LogP contribution in [0.5, 0.6) is 0 Å². The van der Waals surface area contributed by atoms with Crippen molar-refractivity contribution in [2.45, 2.75) is 39.7 Å². The number of esters is 1. The third kappa shape index (κ3) is 4.22. The van der Waals surface area contributed by atoms with Gasteiger partial charge in [0.2, 0.25) is 0 Å². The summed E-state index contributed by atoms with van der Waals surface area (Å²) in [5.74, 6) is -0.891. The fourth-order valence-corrected chi connectivity index (χ4v) is 2.18. The Kier molecular flexibility index (Phi) is 6.32. The lowest BCUT2D eigenvalue weighted by Gasteiger charge is -2.21. The lowest BCUT2D eigenvalue weighted by atomic mass is 9.91. The second kappa shape index (κ2) is 7.51. The largest absolute Gasteiger partial charge is 0.466 e. The van der Waals surface area contributed by atoms with Gasteiger partial charge in [0.05, 0.1) is 18.6 Å². The molecule has 0 saturated heterocycles. The number of halogens is 1. The van der Waals surface area contributed by atoms with Crippen LogP contribution in [0.3, 0.4) is 0 Å². The van der Waals surface area contributed by atoms with E-state index in [1.54, 1.807) is 19.1 Å². The van der Waals surface area contributed by atoms with Crippen molar-refractivity contribution >= 4 is 17.6 Å². The van der Waals surface area contributed by atoms with Crippen molar-refractivity contribution in [1.82, 2.24) is 0 Å². The summed E-state index contributed by atoms with van der Waals surface area (Å²) in [7, 11) is 0. The van der Waals surface area contributed by atoms with Crippen LogP contribution in [-0.4, -0.2) is 17.7 Å². The standard InChI is InChI=1S/C15H21ClO3/c1-4-6-12(15(18)19-5-2)14(17)11-8-7-10(3)13(16)9-11/h7-9,12,14,17H,4-6H2,1-3H3. The predicted octanol–water partition coefficient (Wildman–Crippen LogP) is 3.66. The number of hydrogen-bond donors (Lipinski definition) is 1. The van der Waals surface area contributed by atoms with Crippen LogP contribution >= 0.6 is 11.6 Å². The van der Waals surface area contributed by atoms with Crippen LogP contribution in [0.25, 0.3) is 0 Å². The van der Waals surface area contributed by atoms with E-state index in [9.17, 15) is 9.90 Å². The molecule has 0 amide bonds. The Morgan fingerprint density at radius 3 is 2.63 bits per heavy atom. The zero-order chi connectivity index (χ0) is 14.4. The second-order valence-electron chi connectivity index (χ2n) is 4.60. The Hall–Kier alpha value is -1.06. The molecule has 4 heteroatoms. The van der Waals surface area contributed by atoms with Gasteiger partial charge in [-0.15, -0.1) is 0 Å². The molecule has 0 spiro atoms. The van der Waals surface area contributed by atoms with Gasteiger partial charge in [0.25, 0.3) is 0 Å². The van der Waals surface area contributed by atoms with Gasteiger partial charge in [-0.1, -0.05) is 37.1 Å². The van der Waals surface area contributed by atoms with E-state index in [1.165, 1.54) is 0 Å². The van der Waals surface area contributed by atoms with Crippen molar-refractivity contribution in [3.05, 3.63) is 34.3 Å². The lowest BCUT2D eigenvalue weighted by molar-refractivity contribution is -0.152. The van der Waals surface area contributed by atoms with E-state index in [0.29, 0.717) is 23.6 Å². The summed E-state index contributed by atoms with van der Waals surface area (Å²) < 4.78 is 5.02. The number of benzene rings is 1. The number of rotatable bonds is 6. The third-order valence-electron chi connectivity index (χ3n) is 3.11. The van der Waals surface area contributed by atoms with Crippen LogP contribution in [0.4, 0.5) is 0 Å². The van der Waals surface area contributed by atoms with Gasteiger partial charge in [-0.05, 0) is 37.5 Å². The van der Waals surface area contributed by atoms with Crippen LogP contribution in [0, 0.1) is 12.8 Å². The van der Waals surface area contributed by atoms with Crippen LogP contribution in [0.15, 0.2) is 18.2 Å². The van der Waals surface area contributed by atoms with Crippen LogP contribution in [0.2, 0.25) is 5.02 Å². The maximum absolute atomic E-state index is 11.9. The predicted molar refractivity (Wildman–Crippen MR) is 76.2 cm³/mol. The Bertz CT molecular complexity index is 431. The first-order valence-electron chi connectivity index (χ1n) is 6.62. The van der Waals surface area contributed by atoms with Gasteiger partial charge in [0.15, 0.2) is 0 Å². The van der Waals surface area contributed by atoms with Crippen LogP contribution in [-0.2, 0) is 9.53 Å². The first kappa shape index (κ1) is 16.0. The fourth-order valence-electron chi connectivity index (χ4n) is 1.99. The number of hydrogen-bond acceptors (Lipinski definition) is 3. The van der Waals surface area contributed by atoms with Crippen molar-refractivity contribution in [2.24, 2.45) is 5.92 Å². The summed E-state index contributed by atoms with van der Waals surface area (Å²) in [5, 5.41) is 11.0. The molecule has 0 radical (unpaired) electrons. The number of carbonyl (C=O) groups excluding carboxylic acids is 1. The van der Waals surface area contributed by atoms with E-state index in [2.05, 4.69) is 0 Å². The van der Waals surface area contributed by atoms with E-state index >= 15 is 0 Å². The first-order valence-corrected chi connectivity index (χ1v) is 6.99. The molecule has 3 nitrogen and oxygen atoms in total. The number of ether oxygens (including phenoxy) is 1. The normalized spacial score (nSPS) is 13.9. The molecule has 1 rings (SSSR count). The molecule has 0 aliphatic rings.